The zero-order chi connectivity index (χ0) is 17.3. The van der Waals surface area contributed by atoms with Crippen LogP contribution in [0.3, 0.4) is 0 Å². The zero-order valence-corrected chi connectivity index (χ0v) is 16.1. The number of carbonyl (C=O) groups is 1. The molecule has 0 aliphatic carbocycles. The van der Waals surface area contributed by atoms with E-state index in [0.29, 0.717) is 12.1 Å². The molecule has 1 aliphatic rings. The second kappa shape index (κ2) is 7.58. The summed E-state index contributed by atoms with van der Waals surface area (Å²) in [4.78, 5) is 12.6. The van der Waals surface area contributed by atoms with Gasteiger partial charge in [-0.1, -0.05) is 24.3 Å². The number of fused-ring (bicyclic) bond motifs is 1. The van der Waals surface area contributed by atoms with Gasteiger partial charge in [0.15, 0.2) is 0 Å². The van der Waals surface area contributed by atoms with Crippen LogP contribution in [-0.4, -0.2) is 28.8 Å². The minimum absolute atomic E-state index is 0. The molecular weight excluding hydrogens is 336 g/mol. The highest BCUT2D eigenvalue weighted by atomic mass is 35.5. The molecule has 0 fully saturated rings. The number of aromatic nitrogens is 2. The quantitative estimate of drug-likeness (QED) is 0.882. The van der Waals surface area contributed by atoms with Crippen LogP contribution in [0.15, 0.2) is 30.5 Å². The highest BCUT2D eigenvalue weighted by Gasteiger charge is 2.23. The van der Waals surface area contributed by atoms with E-state index < -0.39 is 0 Å². The van der Waals surface area contributed by atoms with Crippen LogP contribution in [0.5, 0.6) is 0 Å². The lowest BCUT2D eigenvalue weighted by Crippen LogP contribution is -2.39. The molecule has 6 heteroatoms. The molecule has 5 nitrogen and oxygen atoms in total. The fourth-order valence-electron chi connectivity index (χ4n) is 3.37. The number of hydrogen-bond donors (Lipinski definition) is 2. The second-order valence-electron chi connectivity index (χ2n) is 7.39. The summed E-state index contributed by atoms with van der Waals surface area (Å²) in [7, 11) is 0. The molecule has 2 N–H and O–H groups in total. The Morgan fingerprint density at radius 2 is 2.08 bits per heavy atom. The standard InChI is InChI=1S/C19H26N4O.ClH/c1-13-16(11-22-23(13)19(2,3)4)18(24)21-12-17-15-8-6-5-7-14(15)9-10-20-17;/h5-8,11,17,20H,9-10,12H2,1-4H3,(H,21,24);1H. The summed E-state index contributed by atoms with van der Waals surface area (Å²) in [6, 6.07) is 8.60. The first kappa shape index (κ1) is 19.5. The second-order valence-corrected chi connectivity index (χ2v) is 7.39. The fraction of sp³-hybridized carbons (Fsp3) is 0.474. The van der Waals surface area contributed by atoms with E-state index in [9.17, 15) is 4.79 Å². The number of rotatable bonds is 3. The number of nitrogens with one attached hydrogen (secondary N) is 2. The van der Waals surface area contributed by atoms with Crippen molar-refractivity contribution in [3.63, 3.8) is 0 Å². The van der Waals surface area contributed by atoms with Crippen LogP contribution in [0.25, 0.3) is 0 Å². The van der Waals surface area contributed by atoms with Crippen LogP contribution in [0.4, 0.5) is 0 Å². The maximum atomic E-state index is 12.6. The molecule has 1 aromatic heterocycles. The maximum Gasteiger partial charge on any atom is 0.254 e. The van der Waals surface area contributed by atoms with Gasteiger partial charge in [0.2, 0.25) is 0 Å². The third-order valence-corrected chi connectivity index (χ3v) is 4.57. The van der Waals surface area contributed by atoms with Crippen LogP contribution in [0.2, 0.25) is 0 Å². The van der Waals surface area contributed by atoms with Crippen molar-refractivity contribution >= 4 is 18.3 Å². The summed E-state index contributed by atoms with van der Waals surface area (Å²) >= 11 is 0. The number of benzene rings is 1. The molecule has 0 spiro atoms. The Hall–Kier alpha value is -1.85. The molecule has 25 heavy (non-hydrogen) atoms. The van der Waals surface area contributed by atoms with Crippen molar-refractivity contribution < 1.29 is 4.79 Å². The first-order valence-corrected chi connectivity index (χ1v) is 8.52. The van der Waals surface area contributed by atoms with Gasteiger partial charge < -0.3 is 10.6 Å². The van der Waals surface area contributed by atoms with Crippen molar-refractivity contribution in [1.82, 2.24) is 20.4 Å². The Balaban J connectivity index is 0.00000225. The molecule has 1 amide bonds. The Kier molecular flexibility index (Phi) is 5.91. The molecule has 3 rings (SSSR count). The van der Waals surface area contributed by atoms with Crippen molar-refractivity contribution in [2.24, 2.45) is 0 Å². The Labute approximate surface area is 155 Å². The van der Waals surface area contributed by atoms with Gasteiger partial charge in [-0.25, -0.2) is 0 Å². The monoisotopic (exact) mass is 362 g/mol. The summed E-state index contributed by atoms with van der Waals surface area (Å²) in [5, 5.41) is 10.9. The third kappa shape index (κ3) is 4.05. The molecule has 2 heterocycles. The van der Waals surface area contributed by atoms with E-state index in [0.717, 1.165) is 18.7 Å². The predicted molar refractivity (Wildman–Crippen MR) is 102 cm³/mol. The number of amides is 1. The lowest BCUT2D eigenvalue weighted by Gasteiger charge is -2.27. The van der Waals surface area contributed by atoms with Crippen molar-refractivity contribution in [3.8, 4) is 0 Å². The molecule has 2 aromatic rings. The molecule has 1 aliphatic heterocycles. The van der Waals surface area contributed by atoms with Crippen LogP contribution in [-0.2, 0) is 12.0 Å². The lowest BCUT2D eigenvalue weighted by molar-refractivity contribution is 0.0948. The average molecular weight is 363 g/mol. The van der Waals surface area contributed by atoms with Crippen molar-refractivity contribution in [1.29, 1.82) is 0 Å². The van der Waals surface area contributed by atoms with E-state index in [4.69, 9.17) is 0 Å². The van der Waals surface area contributed by atoms with Gasteiger partial charge in [0.25, 0.3) is 5.91 Å². The van der Waals surface area contributed by atoms with Crippen molar-refractivity contribution in [2.75, 3.05) is 13.1 Å². The smallest absolute Gasteiger partial charge is 0.254 e. The minimum Gasteiger partial charge on any atom is -0.350 e. The van der Waals surface area contributed by atoms with Crippen LogP contribution in [0.1, 0.15) is 54.0 Å². The average Bonchev–Trinajstić information content (AvgIpc) is 2.94. The van der Waals surface area contributed by atoms with Gasteiger partial charge in [-0.15, -0.1) is 12.4 Å². The Bertz CT molecular complexity index is 748. The van der Waals surface area contributed by atoms with Crippen LogP contribution >= 0.6 is 12.4 Å². The van der Waals surface area contributed by atoms with Gasteiger partial charge in [-0.3, -0.25) is 9.48 Å². The van der Waals surface area contributed by atoms with Gasteiger partial charge in [-0.2, -0.15) is 5.10 Å². The van der Waals surface area contributed by atoms with E-state index >= 15 is 0 Å². The summed E-state index contributed by atoms with van der Waals surface area (Å²) in [5.41, 5.74) is 4.07. The minimum atomic E-state index is -0.132. The van der Waals surface area contributed by atoms with E-state index in [2.05, 4.69) is 60.8 Å². The largest absolute Gasteiger partial charge is 0.350 e. The summed E-state index contributed by atoms with van der Waals surface area (Å²) in [6.45, 7) is 9.71. The third-order valence-electron chi connectivity index (χ3n) is 4.57. The molecule has 0 radical (unpaired) electrons. The van der Waals surface area contributed by atoms with Crippen molar-refractivity contribution in [3.05, 3.63) is 52.8 Å². The van der Waals surface area contributed by atoms with E-state index in [1.165, 1.54) is 11.1 Å². The molecular formula is C19H27ClN4O. The highest BCUT2D eigenvalue weighted by molar-refractivity contribution is 5.95. The zero-order valence-electron chi connectivity index (χ0n) is 15.3. The molecule has 0 saturated heterocycles. The Morgan fingerprint density at radius 3 is 2.76 bits per heavy atom. The van der Waals surface area contributed by atoms with Crippen LogP contribution in [0, 0.1) is 6.92 Å². The number of halogens is 1. The summed E-state index contributed by atoms with van der Waals surface area (Å²) < 4.78 is 1.90. The summed E-state index contributed by atoms with van der Waals surface area (Å²) in [5.74, 6) is -0.0622. The molecule has 0 bridgehead atoms. The highest BCUT2D eigenvalue weighted by Crippen LogP contribution is 2.22. The van der Waals surface area contributed by atoms with Gasteiger partial charge in [-0.05, 0) is 51.8 Å². The number of hydrogen-bond acceptors (Lipinski definition) is 3. The van der Waals surface area contributed by atoms with Gasteiger partial charge in [0.1, 0.15) is 0 Å². The number of nitrogens with zero attached hydrogens (tertiary/aromatic N) is 2. The van der Waals surface area contributed by atoms with Gasteiger partial charge in [0.05, 0.1) is 17.3 Å². The van der Waals surface area contributed by atoms with Crippen LogP contribution < -0.4 is 10.6 Å². The molecule has 0 saturated carbocycles. The molecule has 1 atom stereocenters. The molecule has 1 aromatic carbocycles. The van der Waals surface area contributed by atoms with Gasteiger partial charge >= 0.3 is 0 Å². The fourth-order valence-corrected chi connectivity index (χ4v) is 3.37. The topological polar surface area (TPSA) is 59.0 Å². The summed E-state index contributed by atoms with van der Waals surface area (Å²) in [6.07, 6.45) is 2.70. The molecule has 136 valence electrons. The maximum absolute atomic E-state index is 12.6. The van der Waals surface area contributed by atoms with E-state index in [-0.39, 0.29) is 29.9 Å². The van der Waals surface area contributed by atoms with E-state index in [1.54, 1.807) is 6.20 Å². The van der Waals surface area contributed by atoms with E-state index in [1.807, 2.05) is 11.6 Å². The first-order valence-electron chi connectivity index (χ1n) is 8.52. The van der Waals surface area contributed by atoms with Gasteiger partial charge in [0, 0.05) is 18.3 Å². The number of carbonyl (C=O) groups excluding carboxylic acids is 1. The first-order chi connectivity index (χ1) is 11.4. The van der Waals surface area contributed by atoms with Crippen molar-refractivity contribution in [2.45, 2.75) is 45.7 Å². The SMILES string of the molecule is Cc1c(C(=O)NCC2NCCc3ccccc32)cnn1C(C)(C)C.Cl. The predicted octanol–water partition coefficient (Wildman–Crippen LogP) is 2.99. The Morgan fingerprint density at radius 1 is 1.36 bits per heavy atom. The normalized spacial score (nSPS) is 16.7. The lowest BCUT2D eigenvalue weighted by atomic mass is 9.94. The molecule has 1 unspecified atom stereocenters.